The Morgan fingerprint density at radius 3 is 2.77 bits per heavy atom. The summed E-state index contributed by atoms with van der Waals surface area (Å²) in [6.45, 7) is 0.620. The van der Waals surface area contributed by atoms with Gasteiger partial charge >= 0.3 is 0 Å². The Hall–Kier alpha value is -3.56. The maximum absolute atomic E-state index is 14.4. The number of aromatic amines is 1. The molecule has 8 nitrogen and oxygen atoms in total. The van der Waals surface area contributed by atoms with Gasteiger partial charge in [0.2, 0.25) is 17.7 Å². The number of hydrogen-bond acceptors (Lipinski definition) is 5. The molecule has 1 spiro atoms. The number of ether oxygens (including phenoxy) is 1. The van der Waals surface area contributed by atoms with Crippen molar-refractivity contribution in [3.63, 3.8) is 0 Å². The van der Waals surface area contributed by atoms with Crippen molar-refractivity contribution in [2.45, 2.75) is 24.4 Å². The number of halogens is 1. The number of rotatable bonds is 6. The highest BCUT2D eigenvalue weighted by Crippen LogP contribution is 2.53. The summed E-state index contributed by atoms with van der Waals surface area (Å²) < 4.78 is 19.5. The van der Waals surface area contributed by atoms with Gasteiger partial charge in [0, 0.05) is 54.7 Å². The third-order valence-electron chi connectivity index (χ3n) is 7.61. The van der Waals surface area contributed by atoms with E-state index in [2.05, 4.69) is 15.6 Å². The van der Waals surface area contributed by atoms with Crippen LogP contribution in [0.3, 0.4) is 0 Å². The first-order valence-electron chi connectivity index (χ1n) is 11.7. The van der Waals surface area contributed by atoms with E-state index in [1.165, 1.54) is 23.1 Å². The molecule has 1 aromatic heterocycles. The standard InChI is InChI=1S/C26H25FN4O4/c1-35-10-4-9-31-23(32)21-20(11-14-13-28-18-6-3-2-5-16(14)18)30-26(22(21)24(31)33)17-12-15(27)7-8-19(17)29-25(26)34/h2-3,5-8,12-13,20-22,28,30H,4,9-11H2,1H3,(H,29,34). The number of H-pyrrole nitrogens is 1. The van der Waals surface area contributed by atoms with Gasteiger partial charge < -0.3 is 15.0 Å². The number of nitrogens with one attached hydrogen (secondary N) is 3. The molecule has 0 bridgehead atoms. The zero-order valence-electron chi connectivity index (χ0n) is 19.1. The summed E-state index contributed by atoms with van der Waals surface area (Å²) in [5, 5.41) is 7.19. The Morgan fingerprint density at radius 2 is 1.94 bits per heavy atom. The summed E-state index contributed by atoms with van der Waals surface area (Å²) in [4.78, 5) is 45.3. The molecular weight excluding hydrogens is 451 g/mol. The lowest BCUT2D eigenvalue weighted by Crippen LogP contribution is -2.53. The Labute approximate surface area is 200 Å². The highest BCUT2D eigenvalue weighted by molar-refractivity contribution is 6.15. The lowest BCUT2D eigenvalue weighted by Gasteiger charge is -2.29. The molecular formula is C26H25FN4O4. The molecule has 3 aliphatic heterocycles. The second-order valence-electron chi connectivity index (χ2n) is 9.44. The van der Waals surface area contributed by atoms with Crippen LogP contribution in [0.5, 0.6) is 0 Å². The molecule has 3 aliphatic rings. The Kier molecular flexibility index (Phi) is 5.01. The molecule has 4 atom stereocenters. The van der Waals surface area contributed by atoms with Crippen LogP contribution in [0.2, 0.25) is 0 Å². The Morgan fingerprint density at radius 1 is 1.11 bits per heavy atom. The predicted octanol–water partition coefficient (Wildman–Crippen LogP) is 2.31. The Bertz CT molecular complexity index is 1370. The van der Waals surface area contributed by atoms with Crippen LogP contribution in [0.25, 0.3) is 10.9 Å². The lowest BCUT2D eigenvalue weighted by molar-refractivity contribution is -0.143. The number of benzene rings is 2. The summed E-state index contributed by atoms with van der Waals surface area (Å²) in [5.41, 5.74) is 1.26. The fourth-order valence-electron chi connectivity index (χ4n) is 6.13. The van der Waals surface area contributed by atoms with Crippen molar-refractivity contribution < 1.29 is 23.5 Å². The van der Waals surface area contributed by atoms with Crippen molar-refractivity contribution in [2.75, 3.05) is 25.6 Å². The molecule has 3 amide bonds. The minimum absolute atomic E-state index is 0.214. The van der Waals surface area contributed by atoms with E-state index in [1.807, 2.05) is 30.5 Å². The SMILES string of the molecule is COCCCN1C(=O)C2C(Cc3c[nH]c4ccccc34)NC3(C(=O)Nc4ccc(F)cc43)C2C1=O. The number of imide groups is 1. The molecule has 0 radical (unpaired) electrons. The van der Waals surface area contributed by atoms with Crippen LogP contribution >= 0.6 is 0 Å². The van der Waals surface area contributed by atoms with Crippen LogP contribution in [0, 0.1) is 17.7 Å². The highest BCUT2D eigenvalue weighted by Gasteiger charge is 2.70. The normalized spacial score (nSPS) is 27.2. The van der Waals surface area contributed by atoms with Crippen molar-refractivity contribution in [2.24, 2.45) is 11.8 Å². The monoisotopic (exact) mass is 476 g/mol. The van der Waals surface area contributed by atoms with Crippen molar-refractivity contribution in [1.29, 1.82) is 0 Å². The molecule has 2 saturated heterocycles. The maximum atomic E-state index is 14.4. The third-order valence-corrected chi connectivity index (χ3v) is 7.61. The largest absolute Gasteiger partial charge is 0.385 e. The zero-order chi connectivity index (χ0) is 24.3. The van der Waals surface area contributed by atoms with Gasteiger partial charge in [-0.2, -0.15) is 0 Å². The number of hydrogen-bond donors (Lipinski definition) is 3. The van der Waals surface area contributed by atoms with E-state index in [1.54, 1.807) is 7.11 Å². The minimum Gasteiger partial charge on any atom is -0.385 e. The van der Waals surface area contributed by atoms with Gasteiger partial charge in [0.15, 0.2) is 0 Å². The average Bonchev–Trinajstić information content (AvgIpc) is 3.55. The predicted molar refractivity (Wildman–Crippen MR) is 126 cm³/mol. The molecule has 2 fully saturated rings. The van der Waals surface area contributed by atoms with Crippen LogP contribution in [-0.2, 0) is 31.1 Å². The number of likely N-dealkylation sites (tertiary alicyclic amines) is 1. The second kappa shape index (κ2) is 8.00. The average molecular weight is 477 g/mol. The number of amides is 3. The maximum Gasteiger partial charge on any atom is 0.250 e. The minimum atomic E-state index is -1.51. The number of fused-ring (bicyclic) bond motifs is 5. The molecule has 180 valence electrons. The summed E-state index contributed by atoms with van der Waals surface area (Å²) in [7, 11) is 1.56. The van der Waals surface area contributed by atoms with E-state index in [9.17, 15) is 18.8 Å². The lowest BCUT2D eigenvalue weighted by atomic mass is 9.76. The smallest absolute Gasteiger partial charge is 0.250 e. The highest BCUT2D eigenvalue weighted by atomic mass is 19.1. The van der Waals surface area contributed by atoms with Crippen molar-refractivity contribution in [3.8, 4) is 0 Å². The molecule has 9 heteroatoms. The molecule has 2 aromatic carbocycles. The van der Waals surface area contributed by atoms with Crippen LogP contribution < -0.4 is 10.6 Å². The van der Waals surface area contributed by atoms with E-state index in [0.29, 0.717) is 30.7 Å². The summed E-state index contributed by atoms with van der Waals surface area (Å²) in [5.74, 6) is -3.36. The summed E-state index contributed by atoms with van der Waals surface area (Å²) >= 11 is 0. The molecule has 4 heterocycles. The number of aromatic nitrogens is 1. The quantitative estimate of drug-likeness (QED) is 0.374. The van der Waals surface area contributed by atoms with Gasteiger partial charge in [-0.15, -0.1) is 0 Å². The number of carbonyl (C=O) groups is 3. The van der Waals surface area contributed by atoms with Gasteiger partial charge in [-0.05, 0) is 42.7 Å². The Balaban J connectivity index is 1.45. The summed E-state index contributed by atoms with van der Waals surface area (Å²) in [6.07, 6.45) is 2.82. The van der Waals surface area contributed by atoms with Crippen LogP contribution in [0.15, 0.2) is 48.7 Å². The molecule has 0 aliphatic carbocycles. The summed E-state index contributed by atoms with van der Waals surface area (Å²) in [6, 6.07) is 11.4. The van der Waals surface area contributed by atoms with Crippen LogP contribution in [0.1, 0.15) is 17.5 Å². The van der Waals surface area contributed by atoms with E-state index >= 15 is 0 Å². The first kappa shape index (κ1) is 21.9. The first-order chi connectivity index (χ1) is 17.0. The van der Waals surface area contributed by atoms with Crippen molar-refractivity contribution >= 4 is 34.3 Å². The number of para-hydroxylation sites is 1. The van der Waals surface area contributed by atoms with Crippen molar-refractivity contribution in [1.82, 2.24) is 15.2 Å². The number of carbonyl (C=O) groups excluding carboxylic acids is 3. The van der Waals surface area contributed by atoms with Crippen molar-refractivity contribution in [3.05, 3.63) is 65.6 Å². The molecule has 3 aromatic rings. The van der Waals surface area contributed by atoms with E-state index in [4.69, 9.17) is 4.74 Å². The van der Waals surface area contributed by atoms with E-state index in [-0.39, 0.29) is 12.5 Å². The van der Waals surface area contributed by atoms with Crippen LogP contribution in [-0.4, -0.2) is 53.9 Å². The van der Waals surface area contributed by atoms with Gasteiger partial charge in [0.1, 0.15) is 11.4 Å². The van der Waals surface area contributed by atoms with Crippen LogP contribution in [0.4, 0.5) is 10.1 Å². The van der Waals surface area contributed by atoms with Gasteiger partial charge in [-0.3, -0.25) is 24.6 Å². The van der Waals surface area contributed by atoms with Gasteiger partial charge in [-0.25, -0.2) is 4.39 Å². The first-order valence-corrected chi connectivity index (χ1v) is 11.7. The zero-order valence-corrected chi connectivity index (χ0v) is 19.1. The third kappa shape index (κ3) is 3.08. The fraction of sp³-hybridized carbons (Fsp3) is 0.346. The van der Waals surface area contributed by atoms with E-state index < -0.39 is 41.0 Å². The molecule has 0 saturated carbocycles. The van der Waals surface area contributed by atoms with Gasteiger partial charge in [0.05, 0.1) is 11.8 Å². The van der Waals surface area contributed by atoms with Gasteiger partial charge in [0.25, 0.3) is 0 Å². The molecule has 3 N–H and O–H groups in total. The second-order valence-corrected chi connectivity index (χ2v) is 9.44. The number of nitrogens with zero attached hydrogens (tertiary/aromatic N) is 1. The van der Waals surface area contributed by atoms with E-state index in [0.717, 1.165) is 16.5 Å². The number of methoxy groups -OCH3 is 1. The molecule has 4 unspecified atom stereocenters. The fourth-order valence-corrected chi connectivity index (χ4v) is 6.13. The molecule has 35 heavy (non-hydrogen) atoms. The number of anilines is 1. The topological polar surface area (TPSA) is 104 Å². The van der Waals surface area contributed by atoms with Gasteiger partial charge in [-0.1, -0.05) is 18.2 Å². The molecule has 6 rings (SSSR count).